The van der Waals surface area contributed by atoms with Crippen LogP contribution in [0, 0.1) is 0 Å². The van der Waals surface area contributed by atoms with Crippen molar-refractivity contribution in [3.8, 4) is 0 Å². The van der Waals surface area contributed by atoms with Gasteiger partial charge < -0.3 is 20.3 Å². The smallest absolute Gasteiger partial charge is 0.306 e. The molecule has 334 valence electrons. The van der Waals surface area contributed by atoms with E-state index in [0.717, 1.165) is 38.5 Å². The average Bonchev–Trinajstić information content (AvgIpc) is 3.19. The van der Waals surface area contributed by atoms with E-state index < -0.39 is 18.2 Å². The summed E-state index contributed by atoms with van der Waals surface area (Å²) in [5, 5.41) is 23.7. The topological polar surface area (TPSA) is 95.9 Å². The Labute approximate surface area is 349 Å². The van der Waals surface area contributed by atoms with Crippen LogP contribution < -0.4 is 5.32 Å². The lowest BCUT2D eigenvalue weighted by molar-refractivity contribution is -0.151. The summed E-state index contributed by atoms with van der Waals surface area (Å²) in [5.41, 5.74) is 0. The summed E-state index contributed by atoms with van der Waals surface area (Å²) in [5.74, 6) is -0.453. The molecule has 3 N–H and O–H groups in total. The first kappa shape index (κ1) is 54.9. The molecule has 56 heavy (non-hydrogen) atoms. The predicted molar refractivity (Wildman–Crippen MR) is 241 cm³/mol. The summed E-state index contributed by atoms with van der Waals surface area (Å²) in [4.78, 5) is 26.1. The second-order valence-corrected chi connectivity index (χ2v) is 17.6. The summed E-state index contributed by atoms with van der Waals surface area (Å²) in [6.45, 7) is 6.49. The maximum Gasteiger partial charge on any atom is 0.306 e. The molecule has 0 heterocycles. The number of amides is 1. The van der Waals surface area contributed by atoms with Gasteiger partial charge in [-0.25, -0.2) is 0 Å². The van der Waals surface area contributed by atoms with Crippen LogP contribution in [-0.4, -0.2) is 46.9 Å². The second-order valence-electron chi connectivity index (χ2n) is 17.6. The highest BCUT2D eigenvalue weighted by Crippen LogP contribution is 2.19. The fourth-order valence-electron chi connectivity index (χ4n) is 8.08. The fraction of sp³-hybridized carbons (Fsp3) is 0.960. The summed E-state index contributed by atoms with van der Waals surface area (Å²) in [6.07, 6.45) is 47.3. The predicted octanol–water partition coefficient (Wildman–Crippen LogP) is 14.8. The highest BCUT2D eigenvalue weighted by Gasteiger charge is 2.24. The molecule has 3 atom stereocenters. The van der Waals surface area contributed by atoms with Crippen molar-refractivity contribution >= 4 is 11.9 Å². The molecule has 0 saturated heterocycles. The van der Waals surface area contributed by atoms with Gasteiger partial charge in [0, 0.05) is 6.42 Å². The van der Waals surface area contributed by atoms with E-state index in [2.05, 4.69) is 26.1 Å². The second kappa shape index (κ2) is 45.0. The number of aliphatic hydroxyl groups excluding tert-OH is 2. The van der Waals surface area contributed by atoms with Crippen molar-refractivity contribution in [3.05, 3.63) is 0 Å². The molecule has 0 aromatic carbocycles. The SMILES string of the molecule is CCCCCCCCCCCCCCCCCCC(=O)OC(CCCCCCCCCCCCC)CC(=O)NC(CO)C(O)CCCCCCCCCCCC. The van der Waals surface area contributed by atoms with Crippen LogP contribution in [-0.2, 0) is 14.3 Å². The maximum atomic E-state index is 13.1. The van der Waals surface area contributed by atoms with Crippen molar-refractivity contribution < 1.29 is 24.5 Å². The van der Waals surface area contributed by atoms with E-state index in [-0.39, 0.29) is 24.9 Å². The molecule has 3 unspecified atom stereocenters. The molecule has 0 aromatic heterocycles. The Morgan fingerprint density at radius 2 is 0.750 bits per heavy atom. The minimum Gasteiger partial charge on any atom is -0.462 e. The third-order valence-corrected chi connectivity index (χ3v) is 11.9. The summed E-state index contributed by atoms with van der Waals surface area (Å²) in [6, 6.07) is -0.690. The average molecular weight is 794 g/mol. The molecule has 0 rings (SSSR count). The molecule has 0 bridgehead atoms. The van der Waals surface area contributed by atoms with Crippen molar-refractivity contribution in [2.75, 3.05) is 6.61 Å². The highest BCUT2D eigenvalue weighted by atomic mass is 16.5. The van der Waals surface area contributed by atoms with Gasteiger partial charge in [0.1, 0.15) is 6.10 Å². The van der Waals surface area contributed by atoms with Gasteiger partial charge in [0.25, 0.3) is 0 Å². The fourth-order valence-corrected chi connectivity index (χ4v) is 8.08. The lowest BCUT2D eigenvalue weighted by Gasteiger charge is -2.24. The zero-order valence-electron chi connectivity index (χ0n) is 38.0. The van der Waals surface area contributed by atoms with Crippen LogP contribution >= 0.6 is 0 Å². The highest BCUT2D eigenvalue weighted by molar-refractivity contribution is 5.77. The van der Waals surface area contributed by atoms with Gasteiger partial charge >= 0.3 is 5.97 Å². The van der Waals surface area contributed by atoms with Gasteiger partial charge in [0.15, 0.2) is 0 Å². The number of hydrogen-bond donors (Lipinski definition) is 3. The molecule has 0 saturated carbocycles. The lowest BCUT2D eigenvalue weighted by Crippen LogP contribution is -2.46. The van der Waals surface area contributed by atoms with Crippen LogP contribution in [0.5, 0.6) is 0 Å². The van der Waals surface area contributed by atoms with Crippen LogP contribution in [0.3, 0.4) is 0 Å². The van der Waals surface area contributed by atoms with Gasteiger partial charge in [0.2, 0.25) is 5.91 Å². The third-order valence-electron chi connectivity index (χ3n) is 11.9. The van der Waals surface area contributed by atoms with Crippen LogP contribution in [0.25, 0.3) is 0 Å². The lowest BCUT2D eigenvalue weighted by atomic mass is 10.0. The molecule has 1 amide bonds. The molecule has 0 aromatic rings. The number of rotatable bonds is 46. The quantitative estimate of drug-likeness (QED) is 0.0421. The first-order valence-corrected chi connectivity index (χ1v) is 25.3. The number of esters is 1. The van der Waals surface area contributed by atoms with Gasteiger partial charge in [-0.15, -0.1) is 0 Å². The van der Waals surface area contributed by atoms with Crippen LogP contribution in [0.2, 0.25) is 0 Å². The first-order chi connectivity index (χ1) is 27.5. The molecule has 6 nitrogen and oxygen atoms in total. The van der Waals surface area contributed by atoms with E-state index >= 15 is 0 Å². The Morgan fingerprint density at radius 3 is 1.09 bits per heavy atom. The van der Waals surface area contributed by atoms with E-state index in [1.54, 1.807) is 0 Å². The normalized spacial score (nSPS) is 13.2. The zero-order valence-corrected chi connectivity index (χ0v) is 38.0. The van der Waals surface area contributed by atoms with E-state index in [4.69, 9.17) is 4.74 Å². The Morgan fingerprint density at radius 1 is 0.446 bits per heavy atom. The largest absolute Gasteiger partial charge is 0.462 e. The Kier molecular flexibility index (Phi) is 44.0. The van der Waals surface area contributed by atoms with Crippen LogP contribution in [0.4, 0.5) is 0 Å². The molecule has 0 radical (unpaired) electrons. The molecular formula is C50H99NO5. The Balaban J connectivity index is 4.47. The van der Waals surface area contributed by atoms with Crippen molar-refractivity contribution in [2.24, 2.45) is 0 Å². The van der Waals surface area contributed by atoms with E-state index in [0.29, 0.717) is 19.3 Å². The van der Waals surface area contributed by atoms with E-state index in [9.17, 15) is 19.8 Å². The monoisotopic (exact) mass is 794 g/mol. The number of hydrogen-bond acceptors (Lipinski definition) is 5. The van der Waals surface area contributed by atoms with Crippen molar-refractivity contribution in [1.82, 2.24) is 5.32 Å². The zero-order chi connectivity index (χ0) is 41.0. The minimum absolute atomic E-state index is 0.0872. The number of aliphatic hydroxyl groups is 2. The Hall–Kier alpha value is -1.14. The van der Waals surface area contributed by atoms with Crippen molar-refractivity contribution in [2.45, 2.75) is 302 Å². The van der Waals surface area contributed by atoms with Crippen molar-refractivity contribution in [1.29, 1.82) is 0 Å². The number of carbonyl (C=O) groups is 2. The molecule has 0 aliphatic heterocycles. The first-order valence-electron chi connectivity index (χ1n) is 25.3. The number of carbonyl (C=O) groups excluding carboxylic acids is 2. The molecule has 0 spiro atoms. The standard InChI is InChI=1S/C50H99NO5/c1-4-7-10-13-16-19-22-23-24-25-26-28-31-34-37-40-43-50(55)56-46(41-38-35-32-29-27-20-17-14-11-8-5-2)44-49(54)51-47(45-52)48(53)42-39-36-33-30-21-18-15-12-9-6-3/h46-48,52-53H,4-45H2,1-3H3,(H,51,54). The van der Waals surface area contributed by atoms with Crippen LogP contribution in [0.1, 0.15) is 284 Å². The summed E-state index contributed by atoms with van der Waals surface area (Å²) < 4.78 is 5.93. The molecule has 0 aliphatic rings. The van der Waals surface area contributed by atoms with Gasteiger partial charge in [-0.3, -0.25) is 9.59 Å². The maximum absolute atomic E-state index is 13.1. The molecular weight excluding hydrogens is 695 g/mol. The molecule has 6 heteroatoms. The number of ether oxygens (including phenoxy) is 1. The minimum atomic E-state index is -0.777. The van der Waals surface area contributed by atoms with E-state index in [1.807, 2.05) is 0 Å². The number of unbranched alkanes of at least 4 members (excludes halogenated alkanes) is 34. The van der Waals surface area contributed by atoms with Gasteiger partial charge in [-0.05, 0) is 25.7 Å². The van der Waals surface area contributed by atoms with E-state index in [1.165, 1.54) is 199 Å². The Bertz CT molecular complexity index is 806. The molecule has 0 aliphatic carbocycles. The van der Waals surface area contributed by atoms with Crippen LogP contribution in [0.15, 0.2) is 0 Å². The number of nitrogens with one attached hydrogen (secondary N) is 1. The van der Waals surface area contributed by atoms with Gasteiger partial charge in [-0.1, -0.05) is 245 Å². The molecule has 0 fully saturated rings. The third kappa shape index (κ3) is 39.7. The summed E-state index contributed by atoms with van der Waals surface area (Å²) in [7, 11) is 0. The van der Waals surface area contributed by atoms with Gasteiger partial charge in [0.05, 0.1) is 25.2 Å². The van der Waals surface area contributed by atoms with Crippen molar-refractivity contribution in [3.63, 3.8) is 0 Å². The summed E-state index contributed by atoms with van der Waals surface area (Å²) >= 11 is 0. The van der Waals surface area contributed by atoms with Gasteiger partial charge in [-0.2, -0.15) is 0 Å².